The molecule has 5 heteroatoms. The number of rotatable bonds is 2. The summed E-state index contributed by atoms with van der Waals surface area (Å²) in [4.78, 5) is 37.3. The topological polar surface area (TPSA) is 72.5 Å². The van der Waals surface area contributed by atoms with Crippen LogP contribution in [0.4, 0.5) is 5.69 Å². The van der Waals surface area contributed by atoms with Crippen LogP contribution in [-0.2, 0) is 9.53 Å². The number of ketones is 2. The number of ether oxygens (including phenoxy) is 1. The Morgan fingerprint density at radius 3 is 2.29 bits per heavy atom. The van der Waals surface area contributed by atoms with Gasteiger partial charge in [-0.25, -0.2) is 0 Å². The number of nitrogens with one attached hydrogen (secondary N) is 1. The van der Waals surface area contributed by atoms with Gasteiger partial charge < -0.3 is 10.1 Å². The molecule has 5 nitrogen and oxygen atoms in total. The fourth-order valence-corrected chi connectivity index (χ4v) is 3.18. The summed E-state index contributed by atoms with van der Waals surface area (Å²) in [5, 5.41) is 2.77. The van der Waals surface area contributed by atoms with Crippen LogP contribution in [0.2, 0.25) is 0 Å². The van der Waals surface area contributed by atoms with Crippen LogP contribution < -0.4 is 5.32 Å². The lowest BCUT2D eigenvalue weighted by Gasteiger charge is -2.18. The Morgan fingerprint density at radius 2 is 1.62 bits per heavy atom. The monoisotopic (exact) mass is 321 g/mol. The van der Waals surface area contributed by atoms with Gasteiger partial charge in [0, 0.05) is 34.5 Å². The van der Waals surface area contributed by atoms with Gasteiger partial charge in [0.05, 0.1) is 0 Å². The summed E-state index contributed by atoms with van der Waals surface area (Å²) in [6.45, 7) is 0.589. The first-order valence-corrected chi connectivity index (χ1v) is 7.90. The standard InChI is InChI=1S/C19H15NO4/c21-17-12-4-1-2-5-13(12)18(22)15-10-11(7-8-14(15)17)20-19(23)16-6-3-9-24-16/h1-2,4-5,7-8,10,16H,3,6,9H2,(H,20,23). The van der Waals surface area contributed by atoms with Crippen LogP contribution in [0.1, 0.15) is 44.7 Å². The van der Waals surface area contributed by atoms with Gasteiger partial charge in [0.1, 0.15) is 6.10 Å². The van der Waals surface area contributed by atoms with Crippen molar-refractivity contribution in [1.29, 1.82) is 0 Å². The van der Waals surface area contributed by atoms with E-state index < -0.39 is 6.10 Å². The number of hydrogen-bond donors (Lipinski definition) is 1. The van der Waals surface area contributed by atoms with Gasteiger partial charge >= 0.3 is 0 Å². The predicted octanol–water partition coefficient (Wildman–Crippen LogP) is 2.58. The molecule has 0 saturated carbocycles. The van der Waals surface area contributed by atoms with Crippen molar-refractivity contribution in [2.75, 3.05) is 11.9 Å². The highest BCUT2D eigenvalue weighted by atomic mass is 16.5. The molecule has 1 fully saturated rings. The van der Waals surface area contributed by atoms with E-state index >= 15 is 0 Å². The fraction of sp³-hybridized carbons (Fsp3) is 0.211. The van der Waals surface area contributed by atoms with Crippen LogP contribution in [0, 0.1) is 0 Å². The molecule has 1 unspecified atom stereocenters. The lowest BCUT2D eigenvalue weighted by Crippen LogP contribution is -2.27. The molecule has 1 atom stereocenters. The van der Waals surface area contributed by atoms with Crippen molar-refractivity contribution in [1.82, 2.24) is 0 Å². The minimum absolute atomic E-state index is 0.169. The van der Waals surface area contributed by atoms with Crippen LogP contribution in [0.5, 0.6) is 0 Å². The Bertz CT molecular complexity index is 865. The van der Waals surface area contributed by atoms with E-state index in [9.17, 15) is 14.4 Å². The zero-order chi connectivity index (χ0) is 16.7. The molecule has 1 N–H and O–H groups in total. The van der Waals surface area contributed by atoms with Crippen LogP contribution >= 0.6 is 0 Å². The van der Waals surface area contributed by atoms with Crippen molar-refractivity contribution in [2.24, 2.45) is 0 Å². The number of carbonyl (C=O) groups excluding carboxylic acids is 3. The summed E-state index contributed by atoms with van der Waals surface area (Å²) >= 11 is 0. The van der Waals surface area contributed by atoms with Gasteiger partial charge in [-0.2, -0.15) is 0 Å². The van der Waals surface area contributed by atoms with Crippen molar-refractivity contribution >= 4 is 23.2 Å². The molecule has 1 amide bonds. The molecule has 2 aromatic rings. The molecule has 2 aromatic carbocycles. The van der Waals surface area contributed by atoms with E-state index in [2.05, 4.69) is 5.32 Å². The molecule has 1 aliphatic heterocycles. The molecule has 1 heterocycles. The predicted molar refractivity (Wildman–Crippen MR) is 87.4 cm³/mol. The van der Waals surface area contributed by atoms with E-state index in [1.165, 1.54) is 0 Å². The molecule has 0 radical (unpaired) electrons. The number of benzene rings is 2. The lowest BCUT2D eigenvalue weighted by atomic mass is 9.84. The molecule has 24 heavy (non-hydrogen) atoms. The number of fused-ring (bicyclic) bond motifs is 2. The van der Waals surface area contributed by atoms with Crippen molar-refractivity contribution in [2.45, 2.75) is 18.9 Å². The van der Waals surface area contributed by atoms with Gasteiger partial charge in [0.15, 0.2) is 11.6 Å². The Morgan fingerprint density at radius 1 is 0.958 bits per heavy atom. The largest absolute Gasteiger partial charge is 0.368 e. The number of amides is 1. The molecular weight excluding hydrogens is 306 g/mol. The van der Waals surface area contributed by atoms with Crippen LogP contribution in [0.25, 0.3) is 0 Å². The third-order valence-corrected chi connectivity index (χ3v) is 4.41. The quantitative estimate of drug-likeness (QED) is 0.787. The van der Waals surface area contributed by atoms with E-state index in [1.807, 2.05) is 0 Å². The van der Waals surface area contributed by atoms with Gasteiger partial charge in [0.2, 0.25) is 0 Å². The van der Waals surface area contributed by atoms with E-state index in [0.29, 0.717) is 41.0 Å². The first-order chi connectivity index (χ1) is 11.6. The molecule has 120 valence electrons. The minimum Gasteiger partial charge on any atom is -0.368 e. The zero-order valence-electron chi connectivity index (χ0n) is 12.9. The minimum atomic E-state index is -0.445. The smallest absolute Gasteiger partial charge is 0.253 e. The maximum atomic E-state index is 12.7. The number of anilines is 1. The van der Waals surface area contributed by atoms with Crippen molar-refractivity contribution < 1.29 is 19.1 Å². The molecule has 2 aliphatic rings. The highest BCUT2D eigenvalue weighted by molar-refractivity contribution is 6.28. The summed E-state index contributed by atoms with van der Waals surface area (Å²) in [6, 6.07) is 11.6. The highest BCUT2D eigenvalue weighted by Crippen LogP contribution is 2.29. The Balaban J connectivity index is 1.67. The van der Waals surface area contributed by atoms with Crippen molar-refractivity contribution in [3.8, 4) is 0 Å². The maximum Gasteiger partial charge on any atom is 0.253 e. The van der Waals surface area contributed by atoms with Crippen LogP contribution in [-0.4, -0.2) is 30.2 Å². The molecule has 0 bridgehead atoms. The van der Waals surface area contributed by atoms with Gasteiger partial charge in [-0.1, -0.05) is 24.3 Å². The van der Waals surface area contributed by atoms with Gasteiger partial charge in [0.25, 0.3) is 5.91 Å². The Kier molecular flexibility index (Phi) is 3.50. The summed E-state index contributed by atoms with van der Waals surface area (Å²) in [5.74, 6) is -0.590. The van der Waals surface area contributed by atoms with Crippen LogP contribution in [0.3, 0.4) is 0 Å². The normalized spacial score (nSPS) is 18.9. The molecule has 0 aromatic heterocycles. The van der Waals surface area contributed by atoms with Crippen LogP contribution in [0.15, 0.2) is 42.5 Å². The van der Waals surface area contributed by atoms with Gasteiger partial charge in [-0.3, -0.25) is 14.4 Å². The maximum absolute atomic E-state index is 12.7. The Labute approximate surface area is 138 Å². The fourth-order valence-electron chi connectivity index (χ4n) is 3.18. The third kappa shape index (κ3) is 2.34. The average molecular weight is 321 g/mol. The summed E-state index contributed by atoms with van der Waals surface area (Å²) < 4.78 is 5.35. The van der Waals surface area contributed by atoms with Gasteiger partial charge in [-0.05, 0) is 31.0 Å². The first-order valence-electron chi connectivity index (χ1n) is 7.90. The summed E-state index contributed by atoms with van der Waals surface area (Å²) in [5.41, 5.74) is 2.01. The lowest BCUT2D eigenvalue weighted by molar-refractivity contribution is -0.124. The number of carbonyl (C=O) groups is 3. The molecule has 1 saturated heterocycles. The Hall–Kier alpha value is -2.79. The third-order valence-electron chi connectivity index (χ3n) is 4.41. The zero-order valence-corrected chi connectivity index (χ0v) is 12.9. The van der Waals surface area contributed by atoms with E-state index in [4.69, 9.17) is 4.74 Å². The van der Waals surface area contributed by atoms with E-state index in [0.717, 1.165) is 6.42 Å². The SMILES string of the molecule is O=C1c2ccccc2C(=O)c2cc(NC(=O)C3CCCO3)ccc21. The highest BCUT2D eigenvalue weighted by Gasteiger charge is 2.30. The average Bonchev–Trinajstić information content (AvgIpc) is 3.14. The molecule has 0 spiro atoms. The second-order valence-electron chi connectivity index (χ2n) is 5.96. The van der Waals surface area contributed by atoms with E-state index in [-0.39, 0.29) is 17.5 Å². The van der Waals surface area contributed by atoms with Gasteiger partial charge in [-0.15, -0.1) is 0 Å². The summed E-state index contributed by atoms with van der Waals surface area (Å²) in [6.07, 6.45) is 1.12. The van der Waals surface area contributed by atoms with E-state index in [1.54, 1.807) is 42.5 Å². The van der Waals surface area contributed by atoms with Crippen molar-refractivity contribution in [3.05, 3.63) is 64.7 Å². The molecule has 4 rings (SSSR count). The first kappa shape index (κ1) is 14.8. The molecule has 1 aliphatic carbocycles. The second kappa shape index (κ2) is 5.69. The number of hydrogen-bond acceptors (Lipinski definition) is 4. The second-order valence-corrected chi connectivity index (χ2v) is 5.96. The molecular formula is C19H15NO4. The summed E-state index contributed by atoms with van der Waals surface area (Å²) in [7, 11) is 0. The van der Waals surface area contributed by atoms with Crippen molar-refractivity contribution in [3.63, 3.8) is 0 Å².